The maximum Gasteiger partial charge on any atom is 0.326 e. The fraction of sp³-hybridized carbons (Fsp3) is 0.667. The Bertz CT molecular complexity index is 295. The molecule has 5 heteroatoms. The Morgan fingerprint density at radius 3 is 2.24 bits per heavy atom. The molecule has 0 aromatic heterocycles. The molecule has 0 bridgehead atoms. The minimum atomic E-state index is -1.04. The van der Waals surface area contributed by atoms with E-state index in [2.05, 4.69) is 17.2 Å². The van der Waals surface area contributed by atoms with Gasteiger partial charge in [0, 0.05) is 6.04 Å². The number of nitrogens with one attached hydrogen (secondary N) is 2. The summed E-state index contributed by atoms with van der Waals surface area (Å²) in [6.45, 7) is 10.7. The number of hydrogen-bond donors (Lipinski definition) is 3. The molecule has 98 valence electrons. The number of rotatable bonds is 5. The molecule has 0 radical (unpaired) electrons. The topological polar surface area (TPSA) is 78.4 Å². The van der Waals surface area contributed by atoms with Crippen LogP contribution in [-0.4, -0.2) is 29.2 Å². The maximum atomic E-state index is 11.6. The number of carbonyl (C=O) groups is 2. The zero-order chi connectivity index (χ0) is 13.6. The fourth-order valence-corrected chi connectivity index (χ4v) is 1.35. The molecule has 0 aliphatic carbocycles. The van der Waals surface area contributed by atoms with E-state index in [1.165, 1.54) is 0 Å². The lowest BCUT2D eigenvalue weighted by Gasteiger charge is -2.28. The van der Waals surface area contributed by atoms with Gasteiger partial charge >= 0.3 is 12.0 Å². The number of aliphatic carboxylic acids is 1. The molecular formula is C12H22N2O3. The van der Waals surface area contributed by atoms with Gasteiger partial charge in [0.1, 0.15) is 6.04 Å². The molecule has 0 saturated carbocycles. The largest absolute Gasteiger partial charge is 0.480 e. The van der Waals surface area contributed by atoms with Crippen molar-refractivity contribution in [1.29, 1.82) is 0 Å². The number of urea groups is 1. The van der Waals surface area contributed by atoms with Crippen LogP contribution in [0.4, 0.5) is 4.79 Å². The summed E-state index contributed by atoms with van der Waals surface area (Å²) >= 11 is 0. The summed E-state index contributed by atoms with van der Waals surface area (Å²) in [5, 5.41) is 14.2. The van der Waals surface area contributed by atoms with Crippen molar-refractivity contribution in [2.24, 2.45) is 5.41 Å². The standard InChI is InChI=1S/C12H22N2O3/c1-6-7-8(2)13-11(17)14-9(10(15)16)12(3,4)5/h6,8-9H,1,7H2,2-5H3,(H,15,16)(H2,13,14,17)/t8?,9-/m0/s1. The van der Waals surface area contributed by atoms with Crippen molar-refractivity contribution in [2.45, 2.75) is 46.2 Å². The first-order chi connectivity index (χ1) is 7.68. The van der Waals surface area contributed by atoms with Gasteiger partial charge in [0.15, 0.2) is 0 Å². The zero-order valence-corrected chi connectivity index (χ0v) is 10.9. The minimum Gasteiger partial charge on any atom is -0.480 e. The second-order valence-electron chi connectivity index (χ2n) is 5.18. The third-order valence-corrected chi connectivity index (χ3v) is 2.29. The van der Waals surface area contributed by atoms with E-state index in [0.29, 0.717) is 6.42 Å². The van der Waals surface area contributed by atoms with Crippen molar-refractivity contribution < 1.29 is 14.7 Å². The quantitative estimate of drug-likeness (QED) is 0.643. The Labute approximate surface area is 102 Å². The summed E-state index contributed by atoms with van der Waals surface area (Å²) < 4.78 is 0. The molecule has 5 nitrogen and oxygen atoms in total. The lowest BCUT2D eigenvalue weighted by molar-refractivity contribution is -0.141. The predicted octanol–water partition coefficient (Wildman–Crippen LogP) is 1.75. The molecule has 0 spiro atoms. The highest BCUT2D eigenvalue weighted by Gasteiger charge is 2.32. The van der Waals surface area contributed by atoms with Crippen LogP contribution in [0.1, 0.15) is 34.1 Å². The summed E-state index contributed by atoms with van der Waals surface area (Å²) in [7, 11) is 0. The predicted molar refractivity (Wildman–Crippen MR) is 66.8 cm³/mol. The van der Waals surface area contributed by atoms with Crippen LogP contribution >= 0.6 is 0 Å². The Hall–Kier alpha value is -1.52. The number of hydrogen-bond acceptors (Lipinski definition) is 2. The van der Waals surface area contributed by atoms with Gasteiger partial charge in [0.05, 0.1) is 0 Å². The molecule has 0 aliphatic heterocycles. The van der Waals surface area contributed by atoms with Crippen molar-refractivity contribution in [1.82, 2.24) is 10.6 Å². The zero-order valence-electron chi connectivity index (χ0n) is 10.9. The molecule has 0 aliphatic rings. The Morgan fingerprint density at radius 1 is 1.35 bits per heavy atom. The molecule has 2 atom stereocenters. The summed E-state index contributed by atoms with van der Waals surface area (Å²) in [6, 6.07) is -1.46. The van der Waals surface area contributed by atoms with Crippen LogP contribution in [0, 0.1) is 5.41 Å². The van der Waals surface area contributed by atoms with Crippen LogP contribution in [0.5, 0.6) is 0 Å². The van der Waals surface area contributed by atoms with Gasteiger partial charge in [-0.15, -0.1) is 6.58 Å². The molecule has 0 saturated heterocycles. The first kappa shape index (κ1) is 15.5. The Morgan fingerprint density at radius 2 is 1.88 bits per heavy atom. The third kappa shape index (κ3) is 5.94. The number of amides is 2. The first-order valence-corrected chi connectivity index (χ1v) is 5.59. The van der Waals surface area contributed by atoms with E-state index in [-0.39, 0.29) is 6.04 Å². The van der Waals surface area contributed by atoms with Gasteiger partial charge in [-0.25, -0.2) is 9.59 Å². The van der Waals surface area contributed by atoms with E-state index in [0.717, 1.165) is 0 Å². The van der Waals surface area contributed by atoms with Gasteiger partial charge in [0.2, 0.25) is 0 Å². The normalized spacial score (nSPS) is 14.6. The van der Waals surface area contributed by atoms with Crippen LogP contribution in [0.2, 0.25) is 0 Å². The maximum absolute atomic E-state index is 11.6. The SMILES string of the molecule is C=CCC(C)NC(=O)N[C@@H](C(=O)O)C(C)(C)C. The highest BCUT2D eigenvalue weighted by atomic mass is 16.4. The number of carboxylic acid groups (broad SMARTS) is 1. The van der Waals surface area contributed by atoms with Crippen molar-refractivity contribution in [2.75, 3.05) is 0 Å². The van der Waals surface area contributed by atoms with E-state index in [1.54, 1.807) is 26.8 Å². The summed E-state index contributed by atoms with van der Waals surface area (Å²) in [4.78, 5) is 22.6. The van der Waals surface area contributed by atoms with Crippen molar-refractivity contribution in [3.63, 3.8) is 0 Å². The van der Waals surface area contributed by atoms with Crippen LogP contribution in [0.15, 0.2) is 12.7 Å². The molecule has 3 N–H and O–H groups in total. The van der Waals surface area contributed by atoms with E-state index < -0.39 is 23.5 Å². The van der Waals surface area contributed by atoms with E-state index in [1.807, 2.05) is 6.92 Å². The second-order valence-corrected chi connectivity index (χ2v) is 5.18. The molecule has 0 aromatic rings. The lowest BCUT2D eigenvalue weighted by atomic mass is 9.87. The van der Waals surface area contributed by atoms with Crippen LogP contribution in [0.3, 0.4) is 0 Å². The van der Waals surface area contributed by atoms with Gasteiger partial charge in [0.25, 0.3) is 0 Å². The highest BCUT2D eigenvalue weighted by molar-refractivity contribution is 5.83. The molecule has 2 amide bonds. The van der Waals surface area contributed by atoms with Crippen LogP contribution in [-0.2, 0) is 4.79 Å². The molecule has 0 aromatic carbocycles. The Kier molecular flexibility index (Phi) is 5.71. The van der Waals surface area contributed by atoms with Gasteiger partial charge in [-0.1, -0.05) is 26.8 Å². The second kappa shape index (κ2) is 6.27. The molecule has 0 fully saturated rings. The molecule has 1 unspecified atom stereocenters. The van der Waals surface area contributed by atoms with Gasteiger partial charge in [-0.3, -0.25) is 0 Å². The molecule has 0 heterocycles. The van der Waals surface area contributed by atoms with Crippen molar-refractivity contribution in [3.05, 3.63) is 12.7 Å². The summed E-state index contributed by atoms with van der Waals surface area (Å²) in [5.74, 6) is -1.04. The monoisotopic (exact) mass is 242 g/mol. The number of carboxylic acids is 1. The van der Waals surface area contributed by atoms with Gasteiger partial charge < -0.3 is 15.7 Å². The third-order valence-electron chi connectivity index (χ3n) is 2.29. The fourth-order valence-electron chi connectivity index (χ4n) is 1.35. The summed E-state index contributed by atoms with van der Waals surface area (Å²) in [5.41, 5.74) is -0.537. The van der Waals surface area contributed by atoms with Crippen molar-refractivity contribution >= 4 is 12.0 Å². The van der Waals surface area contributed by atoms with E-state index in [4.69, 9.17) is 5.11 Å². The van der Waals surface area contributed by atoms with E-state index in [9.17, 15) is 9.59 Å². The van der Waals surface area contributed by atoms with Crippen LogP contribution in [0.25, 0.3) is 0 Å². The minimum absolute atomic E-state index is 0.0677. The summed E-state index contributed by atoms with van der Waals surface area (Å²) in [6.07, 6.45) is 2.34. The van der Waals surface area contributed by atoms with Gasteiger partial charge in [-0.05, 0) is 18.8 Å². The average molecular weight is 242 g/mol. The Balaban J connectivity index is 4.43. The smallest absolute Gasteiger partial charge is 0.326 e. The van der Waals surface area contributed by atoms with E-state index >= 15 is 0 Å². The molecule has 17 heavy (non-hydrogen) atoms. The molecular weight excluding hydrogens is 220 g/mol. The van der Waals surface area contributed by atoms with Gasteiger partial charge in [-0.2, -0.15) is 0 Å². The van der Waals surface area contributed by atoms with Crippen LogP contribution < -0.4 is 10.6 Å². The highest BCUT2D eigenvalue weighted by Crippen LogP contribution is 2.19. The average Bonchev–Trinajstić information content (AvgIpc) is 2.12. The number of carbonyl (C=O) groups excluding carboxylic acids is 1. The van der Waals surface area contributed by atoms with Crippen molar-refractivity contribution in [3.8, 4) is 0 Å². The first-order valence-electron chi connectivity index (χ1n) is 5.59. The lowest BCUT2D eigenvalue weighted by Crippen LogP contribution is -2.53. The molecule has 0 rings (SSSR count).